The maximum Gasteiger partial charge on any atom is 0.119 e. The molecule has 0 saturated carbocycles. The number of β-amino-alcohol motifs (C(OH)–C–C–N with tert-alkyl or cyclic N) is 1. The molecule has 4 heteroatoms. The van der Waals surface area contributed by atoms with Crippen molar-refractivity contribution in [2.75, 3.05) is 39.3 Å². The number of likely N-dealkylation sites (tertiary alicyclic amines) is 2. The van der Waals surface area contributed by atoms with Gasteiger partial charge in [0.2, 0.25) is 0 Å². The van der Waals surface area contributed by atoms with Crippen LogP contribution < -0.4 is 4.74 Å². The maximum atomic E-state index is 10.3. The van der Waals surface area contributed by atoms with Crippen molar-refractivity contribution >= 4 is 0 Å². The maximum absolute atomic E-state index is 10.3. The van der Waals surface area contributed by atoms with Crippen molar-refractivity contribution in [1.82, 2.24) is 9.80 Å². The molecule has 1 aromatic carbocycles. The largest absolute Gasteiger partial charge is 0.491 e. The van der Waals surface area contributed by atoms with Crippen LogP contribution in [0.2, 0.25) is 0 Å². The Morgan fingerprint density at radius 1 is 1.12 bits per heavy atom. The Balaban J connectivity index is 1.40. The van der Waals surface area contributed by atoms with E-state index in [0.29, 0.717) is 6.61 Å². The smallest absolute Gasteiger partial charge is 0.119 e. The zero-order chi connectivity index (χ0) is 17.5. The number of piperidine rings is 2. The molecule has 3 unspecified atom stereocenters. The van der Waals surface area contributed by atoms with Gasteiger partial charge >= 0.3 is 0 Å². The number of hydrogen-bond acceptors (Lipinski definition) is 4. The second-order valence-electron chi connectivity index (χ2n) is 7.89. The first kappa shape index (κ1) is 18.7. The Hall–Kier alpha value is -1.10. The molecule has 3 atom stereocenters. The highest BCUT2D eigenvalue weighted by molar-refractivity contribution is 5.20. The Morgan fingerprint density at radius 2 is 1.96 bits per heavy atom. The molecule has 0 spiro atoms. The first-order valence-corrected chi connectivity index (χ1v) is 10.0. The van der Waals surface area contributed by atoms with Gasteiger partial charge in [0, 0.05) is 25.7 Å². The van der Waals surface area contributed by atoms with Crippen LogP contribution in [-0.2, 0) is 0 Å². The highest BCUT2D eigenvalue weighted by atomic mass is 16.5. The van der Waals surface area contributed by atoms with Gasteiger partial charge in [-0.2, -0.15) is 0 Å². The van der Waals surface area contributed by atoms with Gasteiger partial charge in [-0.1, -0.05) is 24.6 Å². The van der Waals surface area contributed by atoms with Gasteiger partial charge in [0.1, 0.15) is 18.5 Å². The molecule has 3 rings (SSSR count). The SMILES string of the molecule is CC1CCCCN1CC1CCCN(CC(O)COc2ccccc2)C1. The van der Waals surface area contributed by atoms with Crippen LogP contribution in [0.25, 0.3) is 0 Å². The van der Waals surface area contributed by atoms with Gasteiger partial charge < -0.3 is 19.6 Å². The molecule has 0 amide bonds. The summed E-state index contributed by atoms with van der Waals surface area (Å²) in [5, 5.41) is 10.3. The normalized spacial score (nSPS) is 27.1. The second-order valence-corrected chi connectivity index (χ2v) is 7.89. The van der Waals surface area contributed by atoms with E-state index < -0.39 is 6.10 Å². The third-order valence-corrected chi connectivity index (χ3v) is 5.69. The zero-order valence-electron chi connectivity index (χ0n) is 15.6. The predicted molar refractivity (Wildman–Crippen MR) is 102 cm³/mol. The lowest BCUT2D eigenvalue weighted by molar-refractivity contribution is 0.0408. The molecule has 0 bridgehead atoms. The van der Waals surface area contributed by atoms with Gasteiger partial charge in [-0.05, 0) is 63.7 Å². The quantitative estimate of drug-likeness (QED) is 0.823. The van der Waals surface area contributed by atoms with Crippen LogP contribution >= 0.6 is 0 Å². The summed E-state index contributed by atoms with van der Waals surface area (Å²) in [6, 6.07) is 10.5. The lowest BCUT2D eigenvalue weighted by atomic mass is 9.94. The van der Waals surface area contributed by atoms with Crippen molar-refractivity contribution in [2.24, 2.45) is 5.92 Å². The molecular weight excluding hydrogens is 312 g/mol. The van der Waals surface area contributed by atoms with E-state index in [1.165, 1.54) is 45.2 Å². The Labute approximate surface area is 152 Å². The number of rotatable bonds is 7. The second kappa shape index (κ2) is 9.56. The van der Waals surface area contributed by atoms with E-state index in [-0.39, 0.29) is 0 Å². The van der Waals surface area contributed by atoms with Crippen molar-refractivity contribution in [3.8, 4) is 5.75 Å². The minimum absolute atomic E-state index is 0.369. The molecule has 2 heterocycles. The monoisotopic (exact) mass is 346 g/mol. The Bertz CT molecular complexity index is 496. The number of para-hydroxylation sites is 1. The third-order valence-electron chi connectivity index (χ3n) is 5.69. The number of aliphatic hydroxyl groups is 1. The molecule has 4 nitrogen and oxygen atoms in total. The van der Waals surface area contributed by atoms with Gasteiger partial charge in [0.05, 0.1) is 0 Å². The third kappa shape index (κ3) is 5.98. The van der Waals surface area contributed by atoms with Gasteiger partial charge in [-0.15, -0.1) is 0 Å². The lowest BCUT2D eigenvalue weighted by Gasteiger charge is -2.40. The summed E-state index contributed by atoms with van der Waals surface area (Å²) in [7, 11) is 0. The zero-order valence-corrected chi connectivity index (χ0v) is 15.6. The molecule has 2 aliphatic rings. The van der Waals surface area contributed by atoms with E-state index in [4.69, 9.17) is 4.74 Å². The molecule has 2 fully saturated rings. The van der Waals surface area contributed by atoms with E-state index in [9.17, 15) is 5.11 Å². The van der Waals surface area contributed by atoms with Crippen molar-refractivity contribution in [2.45, 2.75) is 51.2 Å². The Morgan fingerprint density at radius 3 is 2.76 bits per heavy atom. The summed E-state index contributed by atoms with van der Waals surface area (Å²) >= 11 is 0. The van der Waals surface area contributed by atoms with Crippen LogP contribution in [0, 0.1) is 5.92 Å². The standard InChI is InChI=1S/C21H34N2O2/c1-18-8-5-6-13-23(18)15-19-9-7-12-22(14-19)16-20(24)17-25-21-10-3-2-4-11-21/h2-4,10-11,18-20,24H,5-9,12-17H2,1H3. The Kier molecular flexibility index (Phi) is 7.14. The fraction of sp³-hybridized carbons (Fsp3) is 0.714. The summed E-state index contributed by atoms with van der Waals surface area (Å²) in [5.41, 5.74) is 0. The summed E-state index contributed by atoms with van der Waals surface area (Å²) in [5.74, 6) is 1.58. The first-order chi connectivity index (χ1) is 12.2. The van der Waals surface area contributed by atoms with E-state index in [0.717, 1.165) is 37.3 Å². The molecular formula is C21H34N2O2. The van der Waals surface area contributed by atoms with Crippen LogP contribution in [0.15, 0.2) is 30.3 Å². The van der Waals surface area contributed by atoms with E-state index in [2.05, 4.69) is 16.7 Å². The summed E-state index contributed by atoms with van der Waals surface area (Å²) in [4.78, 5) is 5.12. The molecule has 1 N–H and O–H groups in total. The van der Waals surface area contributed by atoms with Crippen LogP contribution in [0.5, 0.6) is 5.75 Å². The minimum atomic E-state index is -0.423. The van der Waals surface area contributed by atoms with Crippen LogP contribution in [0.3, 0.4) is 0 Å². The number of aliphatic hydroxyl groups excluding tert-OH is 1. The molecule has 2 aliphatic heterocycles. The summed E-state index contributed by atoms with van der Waals surface area (Å²) < 4.78 is 5.69. The fourth-order valence-corrected chi connectivity index (χ4v) is 4.29. The number of ether oxygens (including phenoxy) is 1. The highest BCUT2D eigenvalue weighted by Crippen LogP contribution is 2.23. The van der Waals surface area contributed by atoms with E-state index >= 15 is 0 Å². The van der Waals surface area contributed by atoms with Crippen molar-refractivity contribution in [3.05, 3.63) is 30.3 Å². The highest BCUT2D eigenvalue weighted by Gasteiger charge is 2.26. The van der Waals surface area contributed by atoms with Crippen molar-refractivity contribution < 1.29 is 9.84 Å². The average Bonchev–Trinajstić information content (AvgIpc) is 2.63. The van der Waals surface area contributed by atoms with Gasteiger partial charge in [0.25, 0.3) is 0 Å². The number of benzene rings is 1. The molecule has 1 aromatic rings. The van der Waals surface area contributed by atoms with Crippen molar-refractivity contribution in [3.63, 3.8) is 0 Å². The molecule has 0 aromatic heterocycles. The van der Waals surface area contributed by atoms with Crippen LogP contribution in [-0.4, -0.2) is 66.4 Å². The molecule has 25 heavy (non-hydrogen) atoms. The summed E-state index contributed by atoms with van der Waals surface area (Å²) in [6.45, 7) is 8.19. The lowest BCUT2D eigenvalue weighted by Crippen LogP contribution is -2.47. The first-order valence-electron chi connectivity index (χ1n) is 10.0. The summed E-state index contributed by atoms with van der Waals surface area (Å²) in [6.07, 6.45) is 6.26. The molecule has 2 saturated heterocycles. The van der Waals surface area contributed by atoms with Crippen LogP contribution in [0.4, 0.5) is 0 Å². The molecule has 0 aliphatic carbocycles. The minimum Gasteiger partial charge on any atom is -0.491 e. The molecule has 0 radical (unpaired) electrons. The van der Waals surface area contributed by atoms with Gasteiger partial charge in [-0.25, -0.2) is 0 Å². The number of nitrogens with zero attached hydrogens (tertiary/aromatic N) is 2. The van der Waals surface area contributed by atoms with E-state index in [1.54, 1.807) is 0 Å². The average molecular weight is 347 g/mol. The van der Waals surface area contributed by atoms with Crippen LogP contribution in [0.1, 0.15) is 39.0 Å². The van der Waals surface area contributed by atoms with Crippen molar-refractivity contribution in [1.29, 1.82) is 0 Å². The van der Waals surface area contributed by atoms with Gasteiger partial charge in [-0.3, -0.25) is 0 Å². The van der Waals surface area contributed by atoms with Gasteiger partial charge in [0.15, 0.2) is 0 Å². The fourth-order valence-electron chi connectivity index (χ4n) is 4.29. The van der Waals surface area contributed by atoms with E-state index in [1.807, 2.05) is 30.3 Å². The topological polar surface area (TPSA) is 35.9 Å². The number of hydrogen-bond donors (Lipinski definition) is 1. The molecule has 140 valence electrons. The predicted octanol–water partition coefficient (Wildman–Crippen LogP) is 3.01.